The van der Waals surface area contributed by atoms with Crippen LogP contribution in [0.4, 0.5) is 0 Å². The molecular weight excluding hydrogens is 290 g/mol. The second-order valence-electron chi connectivity index (χ2n) is 6.91. The highest BCUT2D eigenvalue weighted by Crippen LogP contribution is 2.18. The third-order valence-corrected chi connectivity index (χ3v) is 5.06. The van der Waals surface area contributed by atoms with Gasteiger partial charge in [0.1, 0.15) is 0 Å². The minimum absolute atomic E-state index is 0.217. The summed E-state index contributed by atoms with van der Waals surface area (Å²) in [5.74, 6) is 0.587. The molecule has 2 saturated heterocycles. The van der Waals surface area contributed by atoms with Crippen molar-refractivity contribution in [1.29, 1.82) is 0 Å². The molecule has 0 spiro atoms. The average molecular weight is 319 g/mol. The maximum Gasteiger partial charge on any atom is 0.227 e. The van der Waals surface area contributed by atoms with E-state index in [-0.39, 0.29) is 5.92 Å². The summed E-state index contributed by atoms with van der Waals surface area (Å²) in [5, 5.41) is 4.35. The van der Waals surface area contributed by atoms with Crippen LogP contribution in [0.2, 0.25) is 0 Å². The van der Waals surface area contributed by atoms with Crippen molar-refractivity contribution >= 4 is 5.91 Å². The Bertz CT molecular complexity index is 529. The summed E-state index contributed by atoms with van der Waals surface area (Å²) in [6.07, 6.45) is 6.18. The van der Waals surface area contributed by atoms with E-state index in [0.717, 1.165) is 65.2 Å². The number of amides is 1. The van der Waals surface area contributed by atoms with Crippen molar-refractivity contribution in [1.82, 2.24) is 24.5 Å². The molecule has 3 heterocycles. The molecule has 0 radical (unpaired) electrons. The molecule has 3 rings (SSSR count). The van der Waals surface area contributed by atoms with Crippen molar-refractivity contribution in [2.45, 2.75) is 32.9 Å². The van der Waals surface area contributed by atoms with Crippen LogP contribution in [0.5, 0.6) is 0 Å². The number of carbonyl (C=O) groups excluding carboxylic acids is 1. The van der Waals surface area contributed by atoms with E-state index in [1.807, 2.05) is 10.9 Å². The number of nitrogens with zero attached hydrogens (tertiary/aromatic N) is 5. The molecule has 6 heteroatoms. The quantitative estimate of drug-likeness (QED) is 0.827. The largest absolute Gasteiger partial charge is 0.341 e. The van der Waals surface area contributed by atoms with E-state index in [2.05, 4.69) is 40.0 Å². The van der Waals surface area contributed by atoms with Gasteiger partial charge in [-0.05, 0) is 33.4 Å². The number of aryl methyl sites for hydroxylation is 1. The molecular formula is C17H29N5O. The second kappa shape index (κ2) is 7.45. The molecule has 0 saturated carbocycles. The second-order valence-corrected chi connectivity index (χ2v) is 6.91. The van der Waals surface area contributed by atoms with E-state index in [1.165, 1.54) is 5.56 Å². The van der Waals surface area contributed by atoms with Crippen molar-refractivity contribution in [3.05, 3.63) is 18.0 Å². The third-order valence-electron chi connectivity index (χ3n) is 5.06. The molecule has 128 valence electrons. The first-order chi connectivity index (χ1) is 11.2. The molecule has 1 amide bonds. The predicted octanol–water partition coefficient (Wildman–Crippen LogP) is 0.889. The Morgan fingerprint density at radius 1 is 1.26 bits per heavy atom. The topological polar surface area (TPSA) is 44.6 Å². The Hall–Kier alpha value is -1.40. The summed E-state index contributed by atoms with van der Waals surface area (Å²) < 4.78 is 1.97. The third kappa shape index (κ3) is 4.12. The van der Waals surface area contributed by atoms with Crippen LogP contribution in [-0.2, 0) is 17.9 Å². The number of carbonyl (C=O) groups is 1. The molecule has 0 bridgehead atoms. The van der Waals surface area contributed by atoms with Gasteiger partial charge in [-0.2, -0.15) is 5.10 Å². The van der Waals surface area contributed by atoms with Gasteiger partial charge >= 0.3 is 0 Å². The fourth-order valence-corrected chi connectivity index (χ4v) is 3.66. The smallest absolute Gasteiger partial charge is 0.227 e. The van der Waals surface area contributed by atoms with Crippen LogP contribution in [0.1, 0.15) is 25.3 Å². The van der Waals surface area contributed by atoms with Gasteiger partial charge in [0.2, 0.25) is 5.91 Å². The number of aromatic nitrogens is 2. The Morgan fingerprint density at radius 3 is 2.83 bits per heavy atom. The molecule has 23 heavy (non-hydrogen) atoms. The molecule has 1 aromatic rings. The van der Waals surface area contributed by atoms with Crippen LogP contribution in [-0.4, -0.2) is 76.7 Å². The minimum Gasteiger partial charge on any atom is -0.341 e. The first-order valence-electron chi connectivity index (χ1n) is 8.86. The highest BCUT2D eigenvalue weighted by Gasteiger charge is 2.30. The lowest BCUT2D eigenvalue weighted by molar-refractivity contribution is -0.135. The van der Waals surface area contributed by atoms with Crippen molar-refractivity contribution in [3.8, 4) is 0 Å². The van der Waals surface area contributed by atoms with Crippen molar-refractivity contribution in [2.24, 2.45) is 5.92 Å². The summed E-state index contributed by atoms with van der Waals surface area (Å²) in [5.41, 5.74) is 1.27. The van der Waals surface area contributed by atoms with Gasteiger partial charge in [0, 0.05) is 57.6 Å². The van der Waals surface area contributed by atoms with E-state index in [9.17, 15) is 4.79 Å². The van der Waals surface area contributed by atoms with Crippen LogP contribution in [0.25, 0.3) is 0 Å². The Balaban J connectivity index is 1.51. The van der Waals surface area contributed by atoms with Gasteiger partial charge in [-0.25, -0.2) is 0 Å². The van der Waals surface area contributed by atoms with E-state index >= 15 is 0 Å². The Morgan fingerprint density at radius 2 is 2.13 bits per heavy atom. The molecule has 1 aromatic heterocycles. The van der Waals surface area contributed by atoms with Crippen LogP contribution in [0.15, 0.2) is 12.4 Å². The molecule has 0 aliphatic carbocycles. The normalized spacial score (nSPS) is 24.1. The first-order valence-corrected chi connectivity index (χ1v) is 8.86. The molecule has 2 aliphatic rings. The number of hydrogen-bond acceptors (Lipinski definition) is 4. The summed E-state index contributed by atoms with van der Waals surface area (Å²) in [4.78, 5) is 19.5. The zero-order valence-corrected chi connectivity index (χ0v) is 14.4. The summed E-state index contributed by atoms with van der Waals surface area (Å²) in [6, 6.07) is 0. The van der Waals surface area contributed by atoms with Crippen molar-refractivity contribution in [2.75, 3.05) is 46.3 Å². The minimum atomic E-state index is 0.217. The molecule has 1 unspecified atom stereocenters. The maximum atomic E-state index is 12.7. The lowest BCUT2D eigenvalue weighted by Crippen LogP contribution is -2.39. The lowest BCUT2D eigenvalue weighted by Gasteiger charge is -2.24. The number of hydrogen-bond donors (Lipinski definition) is 0. The zero-order valence-electron chi connectivity index (χ0n) is 14.4. The summed E-state index contributed by atoms with van der Waals surface area (Å²) in [7, 11) is 2.11. The van der Waals surface area contributed by atoms with E-state index in [4.69, 9.17) is 0 Å². The Kier molecular flexibility index (Phi) is 5.33. The molecule has 2 fully saturated rings. The highest BCUT2D eigenvalue weighted by atomic mass is 16.2. The molecule has 0 aromatic carbocycles. The van der Waals surface area contributed by atoms with Gasteiger partial charge in [-0.3, -0.25) is 14.4 Å². The summed E-state index contributed by atoms with van der Waals surface area (Å²) >= 11 is 0. The van der Waals surface area contributed by atoms with Gasteiger partial charge in [0.25, 0.3) is 0 Å². The van der Waals surface area contributed by atoms with Crippen LogP contribution < -0.4 is 0 Å². The van der Waals surface area contributed by atoms with E-state index in [0.29, 0.717) is 5.91 Å². The first kappa shape index (κ1) is 16.5. The average Bonchev–Trinajstić information content (AvgIpc) is 3.11. The molecule has 1 atom stereocenters. The fraction of sp³-hybridized carbons (Fsp3) is 0.765. The zero-order chi connectivity index (χ0) is 16.2. The maximum absolute atomic E-state index is 12.7. The van der Waals surface area contributed by atoms with Gasteiger partial charge in [-0.1, -0.05) is 0 Å². The highest BCUT2D eigenvalue weighted by molar-refractivity contribution is 5.79. The monoisotopic (exact) mass is 319 g/mol. The van der Waals surface area contributed by atoms with Crippen LogP contribution >= 0.6 is 0 Å². The number of rotatable bonds is 4. The predicted molar refractivity (Wildman–Crippen MR) is 90.0 cm³/mol. The van der Waals surface area contributed by atoms with Gasteiger partial charge in [0.05, 0.1) is 12.1 Å². The molecule has 0 N–H and O–H groups in total. The summed E-state index contributed by atoms with van der Waals surface area (Å²) in [6.45, 7) is 9.73. The standard InChI is InChI=1S/C17H29N5O/c1-3-22-13-15(11-18-22)12-20-6-4-7-21(10-9-20)17(23)16-5-8-19(2)14-16/h11,13,16H,3-10,12,14H2,1-2H3. The lowest BCUT2D eigenvalue weighted by atomic mass is 10.1. The molecule has 6 nitrogen and oxygen atoms in total. The SMILES string of the molecule is CCn1cc(CN2CCCN(C(=O)C3CCN(C)C3)CC2)cn1. The fourth-order valence-electron chi connectivity index (χ4n) is 3.66. The Labute approximate surface area is 139 Å². The van der Waals surface area contributed by atoms with E-state index < -0.39 is 0 Å². The van der Waals surface area contributed by atoms with Crippen molar-refractivity contribution in [3.63, 3.8) is 0 Å². The van der Waals surface area contributed by atoms with Crippen molar-refractivity contribution < 1.29 is 4.79 Å². The van der Waals surface area contributed by atoms with Gasteiger partial charge in [-0.15, -0.1) is 0 Å². The molecule has 2 aliphatic heterocycles. The van der Waals surface area contributed by atoms with E-state index in [1.54, 1.807) is 0 Å². The van der Waals surface area contributed by atoms with Crippen LogP contribution in [0, 0.1) is 5.92 Å². The van der Waals surface area contributed by atoms with Crippen LogP contribution in [0.3, 0.4) is 0 Å². The van der Waals surface area contributed by atoms with Gasteiger partial charge in [0.15, 0.2) is 0 Å². The number of likely N-dealkylation sites (tertiary alicyclic amines) is 1. The van der Waals surface area contributed by atoms with Gasteiger partial charge < -0.3 is 9.80 Å².